The Bertz CT molecular complexity index is 366. The Morgan fingerprint density at radius 1 is 1.60 bits per heavy atom. The minimum absolute atomic E-state index is 0.225. The molecule has 82 valence electrons. The van der Waals surface area contributed by atoms with Gasteiger partial charge in [0.2, 0.25) is 0 Å². The maximum atomic E-state index is 12.5. The van der Waals surface area contributed by atoms with Crippen molar-refractivity contribution in [2.24, 2.45) is 5.73 Å². The van der Waals surface area contributed by atoms with Gasteiger partial charge >= 0.3 is 5.97 Å². The second-order valence-corrected chi connectivity index (χ2v) is 3.54. The molecule has 0 bridgehead atoms. The van der Waals surface area contributed by atoms with Crippen LogP contribution in [0.5, 0.6) is 0 Å². The van der Waals surface area contributed by atoms with Crippen LogP contribution < -0.4 is 5.73 Å². The van der Waals surface area contributed by atoms with E-state index in [-0.39, 0.29) is 6.42 Å². The van der Waals surface area contributed by atoms with Crippen LogP contribution >= 0.6 is 0 Å². The number of aliphatic carboxylic acids is 1. The zero-order valence-corrected chi connectivity index (χ0v) is 8.53. The standard InChI is InChI=1S/C11H14FNO2/c1-7-2-3-8(4-9(7)6-12)5-10(13)11(14)15/h2-4,10H,5-6,13H2,1H3,(H,14,15)/t10-/m0/s1. The number of benzene rings is 1. The summed E-state index contributed by atoms with van der Waals surface area (Å²) >= 11 is 0. The van der Waals surface area contributed by atoms with Crippen molar-refractivity contribution in [3.63, 3.8) is 0 Å². The summed E-state index contributed by atoms with van der Waals surface area (Å²) in [6, 6.07) is 4.29. The van der Waals surface area contributed by atoms with Crippen LogP contribution in [0.25, 0.3) is 0 Å². The van der Waals surface area contributed by atoms with Crippen molar-refractivity contribution in [3.8, 4) is 0 Å². The largest absolute Gasteiger partial charge is 0.480 e. The van der Waals surface area contributed by atoms with E-state index in [1.807, 2.05) is 6.92 Å². The van der Waals surface area contributed by atoms with Gasteiger partial charge in [-0.25, -0.2) is 4.39 Å². The van der Waals surface area contributed by atoms with E-state index in [2.05, 4.69) is 0 Å². The summed E-state index contributed by atoms with van der Waals surface area (Å²) in [5.41, 5.74) is 7.59. The SMILES string of the molecule is Cc1ccc(C[C@H](N)C(=O)O)cc1CF. The number of carbonyl (C=O) groups is 1. The fraction of sp³-hybridized carbons (Fsp3) is 0.364. The van der Waals surface area contributed by atoms with Crippen molar-refractivity contribution in [2.45, 2.75) is 26.1 Å². The van der Waals surface area contributed by atoms with Crippen LogP contribution in [0.2, 0.25) is 0 Å². The average Bonchev–Trinajstić information content (AvgIpc) is 2.20. The van der Waals surface area contributed by atoms with Crippen molar-refractivity contribution in [1.29, 1.82) is 0 Å². The smallest absolute Gasteiger partial charge is 0.320 e. The van der Waals surface area contributed by atoms with Gasteiger partial charge < -0.3 is 10.8 Å². The summed E-state index contributed by atoms with van der Waals surface area (Å²) in [6.07, 6.45) is 0.225. The van der Waals surface area contributed by atoms with E-state index in [0.29, 0.717) is 5.56 Å². The van der Waals surface area contributed by atoms with Gasteiger partial charge in [0.25, 0.3) is 0 Å². The number of hydrogen-bond donors (Lipinski definition) is 2. The molecule has 0 heterocycles. The molecule has 0 aromatic heterocycles. The first-order chi connectivity index (χ1) is 7.04. The summed E-state index contributed by atoms with van der Waals surface area (Å²) in [4.78, 5) is 10.5. The Kier molecular flexibility index (Phi) is 3.80. The molecule has 3 nitrogen and oxygen atoms in total. The van der Waals surface area contributed by atoms with Gasteiger partial charge in [-0.1, -0.05) is 18.2 Å². The number of carboxylic acids is 1. The van der Waals surface area contributed by atoms with Crippen molar-refractivity contribution in [3.05, 3.63) is 34.9 Å². The zero-order chi connectivity index (χ0) is 11.4. The van der Waals surface area contributed by atoms with E-state index >= 15 is 0 Å². The van der Waals surface area contributed by atoms with E-state index in [1.54, 1.807) is 18.2 Å². The molecule has 0 amide bonds. The van der Waals surface area contributed by atoms with Gasteiger partial charge in [0.05, 0.1) is 0 Å². The second kappa shape index (κ2) is 4.89. The van der Waals surface area contributed by atoms with Crippen LogP contribution in [0.4, 0.5) is 4.39 Å². The molecule has 0 aliphatic heterocycles. The molecule has 1 rings (SSSR count). The fourth-order valence-electron chi connectivity index (χ4n) is 1.34. The van der Waals surface area contributed by atoms with Gasteiger partial charge in [-0.05, 0) is 30.0 Å². The van der Waals surface area contributed by atoms with Crippen molar-refractivity contribution in [1.82, 2.24) is 0 Å². The highest BCUT2D eigenvalue weighted by Gasteiger charge is 2.12. The molecule has 1 atom stereocenters. The van der Waals surface area contributed by atoms with Gasteiger partial charge in [-0.3, -0.25) is 4.79 Å². The lowest BCUT2D eigenvalue weighted by Gasteiger charge is -2.08. The van der Waals surface area contributed by atoms with Gasteiger partial charge in [0, 0.05) is 0 Å². The maximum absolute atomic E-state index is 12.5. The first kappa shape index (κ1) is 11.7. The monoisotopic (exact) mass is 211 g/mol. The lowest BCUT2D eigenvalue weighted by Crippen LogP contribution is -2.32. The molecule has 1 aromatic rings. The predicted molar refractivity (Wildman–Crippen MR) is 55.3 cm³/mol. The first-order valence-corrected chi connectivity index (χ1v) is 4.67. The van der Waals surface area contributed by atoms with Gasteiger partial charge in [0.1, 0.15) is 12.7 Å². The summed E-state index contributed by atoms with van der Waals surface area (Å²) < 4.78 is 12.5. The molecule has 0 spiro atoms. The Hall–Kier alpha value is -1.42. The van der Waals surface area contributed by atoms with Gasteiger partial charge in [0.15, 0.2) is 0 Å². The third kappa shape index (κ3) is 3.02. The Morgan fingerprint density at radius 2 is 2.27 bits per heavy atom. The van der Waals surface area contributed by atoms with Crippen molar-refractivity contribution >= 4 is 5.97 Å². The normalized spacial score (nSPS) is 12.5. The Labute approximate surface area is 87.7 Å². The lowest BCUT2D eigenvalue weighted by molar-refractivity contribution is -0.138. The van der Waals surface area contributed by atoms with Crippen LogP contribution in [0.15, 0.2) is 18.2 Å². The topological polar surface area (TPSA) is 63.3 Å². The highest BCUT2D eigenvalue weighted by Crippen LogP contribution is 2.13. The van der Waals surface area contributed by atoms with Crippen LogP contribution in [-0.2, 0) is 17.9 Å². The van der Waals surface area contributed by atoms with Gasteiger partial charge in [-0.2, -0.15) is 0 Å². The van der Waals surface area contributed by atoms with Crippen LogP contribution in [-0.4, -0.2) is 17.1 Å². The molecule has 4 heteroatoms. The number of nitrogens with two attached hydrogens (primary N) is 1. The second-order valence-electron chi connectivity index (χ2n) is 3.54. The molecule has 0 aliphatic rings. The summed E-state index contributed by atoms with van der Waals surface area (Å²) in [5, 5.41) is 8.63. The maximum Gasteiger partial charge on any atom is 0.320 e. The first-order valence-electron chi connectivity index (χ1n) is 4.67. The van der Waals surface area contributed by atoms with Crippen molar-refractivity contribution in [2.75, 3.05) is 0 Å². The molecule has 0 saturated heterocycles. The van der Waals surface area contributed by atoms with E-state index < -0.39 is 18.7 Å². The summed E-state index contributed by atoms with van der Waals surface area (Å²) in [5.74, 6) is -1.04. The number of hydrogen-bond acceptors (Lipinski definition) is 2. The fourth-order valence-corrected chi connectivity index (χ4v) is 1.34. The summed E-state index contributed by atoms with van der Waals surface area (Å²) in [6.45, 7) is 1.28. The average molecular weight is 211 g/mol. The Morgan fingerprint density at radius 3 is 2.80 bits per heavy atom. The molecule has 15 heavy (non-hydrogen) atoms. The minimum Gasteiger partial charge on any atom is -0.480 e. The molecule has 0 unspecified atom stereocenters. The van der Waals surface area contributed by atoms with E-state index in [1.165, 1.54) is 0 Å². The number of halogens is 1. The number of alkyl halides is 1. The van der Waals surface area contributed by atoms with Crippen LogP contribution in [0.1, 0.15) is 16.7 Å². The molecule has 0 fully saturated rings. The lowest BCUT2D eigenvalue weighted by atomic mass is 10.0. The minimum atomic E-state index is -1.04. The van der Waals surface area contributed by atoms with E-state index in [9.17, 15) is 9.18 Å². The Balaban J connectivity index is 2.83. The number of carboxylic acid groups (broad SMARTS) is 1. The third-order valence-corrected chi connectivity index (χ3v) is 2.33. The quantitative estimate of drug-likeness (QED) is 0.791. The number of aryl methyl sites for hydroxylation is 1. The van der Waals surface area contributed by atoms with Gasteiger partial charge in [-0.15, -0.1) is 0 Å². The number of rotatable bonds is 4. The highest BCUT2D eigenvalue weighted by molar-refractivity contribution is 5.73. The van der Waals surface area contributed by atoms with Crippen molar-refractivity contribution < 1.29 is 14.3 Å². The molecule has 3 N–H and O–H groups in total. The third-order valence-electron chi connectivity index (χ3n) is 2.33. The van der Waals surface area contributed by atoms with E-state index in [4.69, 9.17) is 10.8 Å². The summed E-state index contributed by atoms with van der Waals surface area (Å²) in [7, 11) is 0. The van der Waals surface area contributed by atoms with Crippen LogP contribution in [0, 0.1) is 6.92 Å². The van der Waals surface area contributed by atoms with E-state index in [0.717, 1.165) is 11.1 Å². The highest BCUT2D eigenvalue weighted by atomic mass is 19.1. The molecule has 0 radical (unpaired) electrons. The molecule has 0 saturated carbocycles. The predicted octanol–water partition coefficient (Wildman–Crippen LogP) is 1.42. The molecular formula is C11H14FNO2. The molecular weight excluding hydrogens is 197 g/mol. The van der Waals surface area contributed by atoms with Crippen LogP contribution in [0.3, 0.4) is 0 Å². The zero-order valence-electron chi connectivity index (χ0n) is 8.53. The molecule has 0 aliphatic carbocycles. The molecule has 1 aromatic carbocycles.